The lowest BCUT2D eigenvalue weighted by molar-refractivity contribution is 0.600. The van der Waals surface area contributed by atoms with Crippen LogP contribution in [0.4, 0.5) is 4.39 Å². The largest absolute Gasteiger partial charge is 0.259 e. The second kappa shape index (κ2) is 5.23. The lowest BCUT2D eigenvalue weighted by atomic mass is 10.3. The maximum Gasteiger partial charge on any atom is 0.146 e. The zero-order valence-corrected chi connectivity index (χ0v) is 11.2. The highest BCUT2D eigenvalue weighted by atomic mass is 35.5. The fourth-order valence-corrected chi connectivity index (χ4v) is 2.26. The number of halogens is 2. The van der Waals surface area contributed by atoms with Crippen molar-refractivity contribution in [3.05, 3.63) is 28.8 Å². The Labute approximate surface area is 103 Å². The van der Waals surface area contributed by atoms with Crippen LogP contribution in [0.1, 0.15) is 26.5 Å². The van der Waals surface area contributed by atoms with Crippen molar-refractivity contribution in [3.63, 3.8) is 0 Å². The number of pyridine rings is 1. The van der Waals surface area contributed by atoms with Crippen LogP contribution >= 0.6 is 11.6 Å². The molecule has 16 heavy (non-hydrogen) atoms. The highest BCUT2D eigenvalue weighted by Crippen LogP contribution is 2.15. The summed E-state index contributed by atoms with van der Waals surface area (Å²) in [4.78, 5) is 3.89. The van der Waals surface area contributed by atoms with Crippen LogP contribution in [0.5, 0.6) is 0 Å². The van der Waals surface area contributed by atoms with E-state index in [2.05, 4.69) is 4.98 Å². The van der Waals surface area contributed by atoms with Crippen LogP contribution in [0.3, 0.4) is 0 Å². The standard InChI is InChI=1S/C11H15ClFNOS/c1-11(2,3)16(15)5-4-10-9(13)6-8(12)7-14-10/h6-7H,4-5H2,1-3H3. The van der Waals surface area contributed by atoms with Crippen molar-refractivity contribution in [3.8, 4) is 0 Å². The Morgan fingerprint density at radius 3 is 2.62 bits per heavy atom. The van der Waals surface area contributed by atoms with Crippen LogP contribution in [0.15, 0.2) is 12.3 Å². The number of hydrogen-bond donors (Lipinski definition) is 0. The van der Waals surface area contributed by atoms with Crippen LogP contribution in [-0.4, -0.2) is 19.7 Å². The van der Waals surface area contributed by atoms with E-state index in [0.717, 1.165) is 0 Å². The molecule has 1 unspecified atom stereocenters. The summed E-state index contributed by atoms with van der Waals surface area (Å²) in [6.07, 6.45) is 1.77. The van der Waals surface area contributed by atoms with E-state index >= 15 is 0 Å². The number of hydrogen-bond acceptors (Lipinski definition) is 2. The van der Waals surface area contributed by atoms with E-state index in [-0.39, 0.29) is 9.77 Å². The van der Waals surface area contributed by atoms with E-state index in [4.69, 9.17) is 11.6 Å². The smallest absolute Gasteiger partial charge is 0.146 e. The molecular weight excluding hydrogens is 249 g/mol. The van der Waals surface area contributed by atoms with Crippen molar-refractivity contribution in [2.45, 2.75) is 31.9 Å². The lowest BCUT2D eigenvalue weighted by Gasteiger charge is -2.17. The first-order chi connectivity index (χ1) is 7.30. The summed E-state index contributed by atoms with van der Waals surface area (Å²) < 4.78 is 24.8. The summed E-state index contributed by atoms with van der Waals surface area (Å²) in [6, 6.07) is 1.23. The third-order valence-corrected chi connectivity index (χ3v) is 4.24. The first-order valence-corrected chi connectivity index (χ1v) is 6.69. The monoisotopic (exact) mass is 263 g/mol. The zero-order chi connectivity index (χ0) is 12.3. The van der Waals surface area contributed by atoms with E-state index in [9.17, 15) is 8.60 Å². The minimum Gasteiger partial charge on any atom is -0.259 e. The van der Waals surface area contributed by atoms with Crippen LogP contribution in [-0.2, 0) is 17.2 Å². The van der Waals surface area contributed by atoms with Crippen molar-refractivity contribution >= 4 is 22.4 Å². The SMILES string of the molecule is CC(C)(C)S(=O)CCc1ncc(Cl)cc1F. The Balaban J connectivity index is 2.65. The zero-order valence-electron chi connectivity index (χ0n) is 9.59. The molecule has 0 aromatic carbocycles. The van der Waals surface area contributed by atoms with E-state index in [0.29, 0.717) is 17.9 Å². The first kappa shape index (κ1) is 13.6. The molecule has 0 saturated heterocycles. The molecule has 0 aliphatic rings. The van der Waals surface area contributed by atoms with Crippen LogP contribution in [0, 0.1) is 5.82 Å². The van der Waals surface area contributed by atoms with Gasteiger partial charge < -0.3 is 0 Å². The van der Waals surface area contributed by atoms with E-state index in [1.165, 1.54) is 12.3 Å². The van der Waals surface area contributed by atoms with Gasteiger partial charge >= 0.3 is 0 Å². The Morgan fingerprint density at radius 1 is 1.50 bits per heavy atom. The van der Waals surface area contributed by atoms with E-state index in [1.807, 2.05) is 20.8 Å². The van der Waals surface area contributed by atoms with Gasteiger partial charge in [0.15, 0.2) is 0 Å². The van der Waals surface area contributed by atoms with Gasteiger partial charge in [0, 0.05) is 33.9 Å². The van der Waals surface area contributed by atoms with Gasteiger partial charge in [0.2, 0.25) is 0 Å². The van der Waals surface area contributed by atoms with Gasteiger partial charge in [0.25, 0.3) is 0 Å². The van der Waals surface area contributed by atoms with Crippen molar-refractivity contribution in [2.75, 3.05) is 5.75 Å². The summed E-state index contributed by atoms with van der Waals surface area (Å²) in [6.45, 7) is 5.69. The summed E-state index contributed by atoms with van der Waals surface area (Å²) in [5.41, 5.74) is 0.321. The molecule has 0 fully saturated rings. The van der Waals surface area contributed by atoms with Gasteiger partial charge in [-0.15, -0.1) is 0 Å². The van der Waals surface area contributed by atoms with Gasteiger partial charge in [0.1, 0.15) is 5.82 Å². The number of rotatable bonds is 3. The quantitative estimate of drug-likeness (QED) is 0.839. The third kappa shape index (κ3) is 3.83. The minimum atomic E-state index is -0.991. The van der Waals surface area contributed by atoms with Crippen LogP contribution < -0.4 is 0 Å². The normalized spacial score (nSPS) is 13.8. The Kier molecular flexibility index (Phi) is 4.44. The van der Waals surface area contributed by atoms with Crippen LogP contribution in [0.2, 0.25) is 5.02 Å². The van der Waals surface area contributed by atoms with Gasteiger partial charge in [-0.3, -0.25) is 9.19 Å². The molecular formula is C11H15ClFNOS. The van der Waals surface area contributed by atoms with E-state index in [1.54, 1.807) is 0 Å². The summed E-state index contributed by atoms with van der Waals surface area (Å²) in [7, 11) is -0.991. The van der Waals surface area contributed by atoms with Gasteiger partial charge in [-0.2, -0.15) is 0 Å². The highest BCUT2D eigenvalue weighted by molar-refractivity contribution is 7.86. The second-order valence-electron chi connectivity index (χ2n) is 4.49. The molecule has 1 aromatic heterocycles. The van der Waals surface area contributed by atoms with Gasteiger partial charge in [-0.25, -0.2) is 4.39 Å². The van der Waals surface area contributed by atoms with Crippen molar-refractivity contribution in [1.82, 2.24) is 4.98 Å². The van der Waals surface area contributed by atoms with E-state index < -0.39 is 16.6 Å². The predicted molar refractivity (Wildman–Crippen MR) is 65.7 cm³/mol. The molecule has 1 heterocycles. The summed E-state index contributed by atoms with van der Waals surface area (Å²) >= 11 is 5.59. The Bertz CT molecular complexity index is 403. The molecule has 0 amide bonds. The number of nitrogens with zero attached hydrogens (tertiary/aromatic N) is 1. The second-order valence-corrected chi connectivity index (χ2v) is 7.25. The fraction of sp³-hybridized carbons (Fsp3) is 0.545. The predicted octanol–water partition coefficient (Wildman–Crippen LogP) is 2.96. The van der Waals surface area contributed by atoms with Gasteiger partial charge in [0.05, 0.1) is 10.7 Å². The Morgan fingerprint density at radius 2 is 2.12 bits per heavy atom. The molecule has 5 heteroatoms. The van der Waals surface area contributed by atoms with Gasteiger partial charge in [-0.1, -0.05) is 11.6 Å². The molecule has 1 rings (SSSR count). The molecule has 0 saturated carbocycles. The average Bonchev–Trinajstić information content (AvgIpc) is 2.14. The molecule has 2 nitrogen and oxygen atoms in total. The highest BCUT2D eigenvalue weighted by Gasteiger charge is 2.19. The molecule has 0 radical (unpaired) electrons. The number of aromatic nitrogens is 1. The van der Waals surface area contributed by atoms with Crippen molar-refractivity contribution in [2.24, 2.45) is 0 Å². The molecule has 90 valence electrons. The van der Waals surface area contributed by atoms with Gasteiger partial charge in [-0.05, 0) is 26.8 Å². The molecule has 0 spiro atoms. The maximum absolute atomic E-state index is 13.4. The lowest BCUT2D eigenvalue weighted by Crippen LogP contribution is -2.25. The average molecular weight is 264 g/mol. The topological polar surface area (TPSA) is 30.0 Å². The molecule has 0 bridgehead atoms. The molecule has 0 aliphatic carbocycles. The Hall–Kier alpha value is -0.480. The molecule has 1 aromatic rings. The minimum absolute atomic E-state index is 0.275. The third-order valence-electron chi connectivity index (χ3n) is 2.09. The number of aryl methyl sites for hydroxylation is 1. The molecule has 0 aliphatic heterocycles. The summed E-state index contributed by atoms with van der Waals surface area (Å²) in [5, 5.41) is 0.276. The van der Waals surface area contributed by atoms with Crippen molar-refractivity contribution in [1.29, 1.82) is 0 Å². The molecule has 1 atom stereocenters. The fourth-order valence-electron chi connectivity index (χ4n) is 1.12. The first-order valence-electron chi connectivity index (χ1n) is 4.99. The molecule has 0 N–H and O–H groups in total. The van der Waals surface area contributed by atoms with Crippen LogP contribution in [0.25, 0.3) is 0 Å². The maximum atomic E-state index is 13.4. The summed E-state index contributed by atoms with van der Waals surface area (Å²) in [5.74, 6) is -0.0203. The van der Waals surface area contributed by atoms with Crippen molar-refractivity contribution < 1.29 is 8.60 Å².